The van der Waals surface area contributed by atoms with Gasteiger partial charge in [0, 0.05) is 13.1 Å². The minimum atomic E-state index is -0.117. The van der Waals surface area contributed by atoms with Crippen LogP contribution in [0.2, 0.25) is 0 Å². The Hall–Kier alpha value is -1.75. The van der Waals surface area contributed by atoms with Crippen molar-refractivity contribution >= 4 is 5.91 Å². The van der Waals surface area contributed by atoms with Gasteiger partial charge in [-0.25, -0.2) is 0 Å². The highest BCUT2D eigenvalue weighted by molar-refractivity contribution is 5.77. The Balaban J connectivity index is 2.60. The van der Waals surface area contributed by atoms with Gasteiger partial charge in [0.2, 0.25) is 0 Å². The first-order valence-electron chi connectivity index (χ1n) is 7.48. The fourth-order valence-electron chi connectivity index (χ4n) is 1.81. The molecule has 2 N–H and O–H groups in total. The fourth-order valence-corrected chi connectivity index (χ4v) is 1.81. The monoisotopic (exact) mass is 294 g/mol. The predicted octanol–water partition coefficient (Wildman–Crippen LogP) is 2.10. The number of carbonyl (C=O) groups excluding carboxylic acids is 1. The van der Waals surface area contributed by atoms with E-state index in [1.807, 2.05) is 25.1 Å². The molecule has 5 nitrogen and oxygen atoms in total. The van der Waals surface area contributed by atoms with Crippen LogP contribution in [-0.2, 0) is 11.3 Å². The van der Waals surface area contributed by atoms with Crippen LogP contribution in [-0.4, -0.2) is 32.7 Å². The smallest absolute Gasteiger partial charge is 0.257 e. The first-order valence-corrected chi connectivity index (χ1v) is 7.48. The molecule has 21 heavy (non-hydrogen) atoms. The van der Waals surface area contributed by atoms with E-state index in [2.05, 4.69) is 17.6 Å². The van der Waals surface area contributed by atoms with Crippen molar-refractivity contribution in [3.8, 4) is 11.5 Å². The van der Waals surface area contributed by atoms with E-state index >= 15 is 0 Å². The van der Waals surface area contributed by atoms with Gasteiger partial charge in [-0.3, -0.25) is 4.79 Å². The molecule has 1 amide bonds. The maximum atomic E-state index is 11.6. The zero-order valence-electron chi connectivity index (χ0n) is 13.2. The van der Waals surface area contributed by atoms with Crippen LogP contribution in [0.15, 0.2) is 18.2 Å². The van der Waals surface area contributed by atoms with E-state index in [-0.39, 0.29) is 12.5 Å². The molecule has 0 aromatic heterocycles. The molecule has 0 radical (unpaired) electrons. The number of nitrogens with one attached hydrogen (secondary N) is 2. The summed E-state index contributed by atoms with van der Waals surface area (Å²) < 4.78 is 10.8. The number of amides is 1. The number of methoxy groups -OCH3 is 1. The summed E-state index contributed by atoms with van der Waals surface area (Å²) in [6.07, 6.45) is 2.00. The molecule has 5 heteroatoms. The summed E-state index contributed by atoms with van der Waals surface area (Å²) in [6.45, 7) is 6.56. The second-order valence-electron chi connectivity index (χ2n) is 4.80. The van der Waals surface area contributed by atoms with Crippen molar-refractivity contribution in [3.05, 3.63) is 23.8 Å². The standard InChI is InChI=1S/C16H26N2O3/c1-4-8-17-11-13-6-7-14(20-3)15(10-13)21-12-16(19)18-9-5-2/h6-7,10,17H,4-5,8-9,11-12H2,1-3H3,(H,18,19). The number of carbonyl (C=O) groups is 1. The average molecular weight is 294 g/mol. The molecule has 0 heterocycles. The molecule has 1 aromatic carbocycles. The van der Waals surface area contributed by atoms with Crippen LogP contribution < -0.4 is 20.1 Å². The molecule has 1 aromatic rings. The van der Waals surface area contributed by atoms with Crippen molar-refractivity contribution in [2.45, 2.75) is 33.2 Å². The molecule has 0 aliphatic carbocycles. The summed E-state index contributed by atoms with van der Waals surface area (Å²) in [4.78, 5) is 11.6. The van der Waals surface area contributed by atoms with Crippen LogP contribution >= 0.6 is 0 Å². The third kappa shape index (κ3) is 6.49. The van der Waals surface area contributed by atoms with Crippen LogP contribution in [0.25, 0.3) is 0 Å². The van der Waals surface area contributed by atoms with E-state index in [0.29, 0.717) is 18.0 Å². The van der Waals surface area contributed by atoms with Gasteiger partial charge in [-0.15, -0.1) is 0 Å². The normalized spacial score (nSPS) is 10.2. The third-order valence-corrected chi connectivity index (χ3v) is 2.91. The first kappa shape index (κ1) is 17.3. The topological polar surface area (TPSA) is 59.6 Å². The number of rotatable bonds is 10. The van der Waals surface area contributed by atoms with Gasteiger partial charge < -0.3 is 20.1 Å². The zero-order chi connectivity index (χ0) is 15.5. The molecule has 0 unspecified atom stereocenters. The minimum Gasteiger partial charge on any atom is -0.493 e. The number of benzene rings is 1. The lowest BCUT2D eigenvalue weighted by Crippen LogP contribution is -2.29. The summed E-state index contributed by atoms with van der Waals surface area (Å²) in [5.41, 5.74) is 1.10. The lowest BCUT2D eigenvalue weighted by molar-refractivity contribution is -0.123. The lowest BCUT2D eigenvalue weighted by Gasteiger charge is -2.12. The number of ether oxygens (including phenoxy) is 2. The van der Waals surface area contributed by atoms with Crippen molar-refractivity contribution in [2.75, 3.05) is 26.8 Å². The molecule has 0 fully saturated rings. The molecular formula is C16H26N2O3. The van der Waals surface area contributed by atoms with Gasteiger partial charge in [0.05, 0.1) is 7.11 Å². The molecule has 0 bridgehead atoms. The van der Waals surface area contributed by atoms with Crippen LogP contribution in [0.5, 0.6) is 11.5 Å². The molecule has 0 saturated heterocycles. The maximum Gasteiger partial charge on any atom is 0.257 e. The van der Waals surface area contributed by atoms with Gasteiger partial charge in [-0.2, -0.15) is 0 Å². The summed E-state index contributed by atoms with van der Waals surface area (Å²) in [6, 6.07) is 5.77. The molecule has 0 aliphatic heterocycles. The third-order valence-electron chi connectivity index (χ3n) is 2.91. The summed E-state index contributed by atoms with van der Waals surface area (Å²) in [5.74, 6) is 1.12. The van der Waals surface area contributed by atoms with Crippen molar-refractivity contribution in [2.24, 2.45) is 0 Å². The summed E-state index contributed by atoms with van der Waals surface area (Å²) in [5, 5.41) is 6.11. The van der Waals surface area contributed by atoms with Crippen molar-refractivity contribution in [1.82, 2.24) is 10.6 Å². The molecule has 0 aliphatic rings. The highest BCUT2D eigenvalue weighted by Crippen LogP contribution is 2.28. The van der Waals surface area contributed by atoms with Crippen LogP contribution in [0.3, 0.4) is 0 Å². The highest BCUT2D eigenvalue weighted by atomic mass is 16.5. The van der Waals surface area contributed by atoms with E-state index in [0.717, 1.165) is 31.5 Å². The fraction of sp³-hybridized carbons (Fsp3) is 0.562. The quantitative estimate of drug-likeness (QED) is 0.649. The Kier molecular flexibility index (Phi) is 8.28. The van der Waals surface area contributed by atoms with E-state index < -0.39 is 0 Å². The van der Waals surface area contributed by atoms with E-state index in [4.69, 9.17) is 9.47 Å². The summed E-state index contributed by atoms with van der Waals surface area (Å²) >= 11 is 0. The van der Waals surface area contributed by atoms with Gasteiger partial charge in [-0.05, 0) is 37.1 Å². The Morgan fingerprint density at radius 1 is 1.14 bits per heavy atom. The maximum absolute atomic E-state index is 11.6. The van der Waals surface area contributed by atoms with Gasteiger partial charge in [0.1, 0.15) is 0 Å². The van der Waals surface area contributed by atoms with Gasteiger partial charge >= 0.3 is 0 Å². The second kappa shape index (κ2) is 10.0. The van der Waals surface area contributed by atoms with Gasteiger partial charge in [0.25, 0.3) is 5.91 Å². The largest absolute Gasteiger partial charge is 0.493 e. The zero-order valence-corrected chi connectivity index (χ0v) is 13.2. The van der Waals surface area contributed by atoms with Crippen molar-refractivity contribution in [3.63, 3.8) is 0 Å². The lowest BCUT2D eigenvalue weighted by atomic mass is 10.2. The molecule has 0 saturated carbocycles. The molecule has 0 atom stereocenters. The SMILES string of the molecule is CCCNCc1ccc(OC)c(OCC(=O)NCCC)c1. The first-order chi connectivity index (χ1) is 10.2. The van der Waals surface area contributed by atoms with Crippen LogP contribution in [0, 0.1) is 0 Å². The predicted molar refractivity (Wildman–Crippen MR) is 83.8 cm³/mol. The van der Waals surface area contributed by atoms with Crippen LogP contribution in [0.1, 0.15) is 32.3 Å². The Morgan fingerprint density at radius 3 is 2.57 bits per heavy atom. The Morgan fingerprint density at radius 2 is 1.90 bits per heavy atom. The number of hydrogen-bond acceptors (Lipinski definition) is 4. The highest BCUT2D eigenvalue weighted by Gasteiger charge is 2.08. The van der Waals surface area contributed by atoms with Gasteiger partial charge in [-0.1, -0.05) is 19.9 Å². The van der Waals surface area contributed by atoms with E-state index in [1.54, 1.807) is 7.11 Å². The Bertz CT molecular complexity index is 436. The minimum absolute atomic E-state index is 0.00218. The number of hydrogen-bond donors (Lipinski definition) is 2. The van der Waals surface area contributed by atoms with Crippen molar-refractivity contribution < 1.29 is 14.3 Å². The molecular weight excluding hydrogens is 268 g/mol. The average Bonchev–Trinajstić information content (AvgIpc) is 2.51. The van der Waals surface area contributed by atoms with E-state index in [9.17, 15) is 4.79 Å². The van der Waals surface area contributed by atoms with Gasteiger partial charge in [0.15, 0.2) is 18.1 Å². The second-order valence-corrected chi connectivity index (χ2v) is 4.80. The molecule has 118 valence electrons. The summed E-state index contributed by atoms with van der Waals surface area (Å²) in [7, 11) is 1.59. The van der Waals surface area contributed by atoms with E-state index in [1.165, 1.54) is 0 Å². The molecule has 1 rings (SSSR count). The Labute approximate surface area is 127 Å². The van der Waals surface area contributed by atoms with Crippen LogP contribution in [0.4, 0.5) is 0 Å². The molecule has 0 spiro atoms. The van der Waals surface area contributed by atoms with Crippen molar-refractivity contribution in [1.29, 1.82) is 0 Å².